The van der Waals surface area contributed by atoms with Gasteiger partial charge in [-0.05, 0) is 49.6 Å². The highest BCUT2D eigenvalue weighted by atomic mass is 16.1. The van der Waals surface area contributed by atoms with Gasteiger partial charge in [0.15, 0.2) is 0 Å². The fraction of sp³-hybridized carbons (Fsp3) is 0.263. The molecule has 4 heteroatoms. The van der Waals surface area contributed by atoms with Gasteiger partial charge in [-0.2, -0.15) is 0 Å². The molecule has 2 aromatic heterocycles. The molecule has 0 atom stereocenters. The number of fused-ring (bicyclic) bond motifs is 1. The second kappa shape index (κ2) is 6.65. The van der Waals surface area contributed by atoms with Crippen molar-refractivity contribution in [2.24, 2.45) is 0 Å². The summed E-state index contributed by atoms with van der Waals surface area (Å²) in [5.74, 6) is 0.0837. The van der Waals surface area contributed by atoms with Gasteiger partial charge in [0.05, 0.1) is 11.4 Å². The summed E-state index contributed by atoms with van der Waals surface area (Å²) in [6.45, 7) is 2.10. The number of rotatable bonds is 5. The van der Waals surface area contributed by atoms with Crippen molar-refractivity contribution in [3.05, 3.63) is 53.7 Å². The third-order valence-corrected chi connectivity index (χ3v) is 4.09. The lowest BCUT2D eigenvalue weighted by molar-refractivity contribution is -0.120. The third-order valence-electron chi connectivity index (χ3n) is 4.09. The molecule has 0 aliphatic carbocycles. The van der Waals surface area contributed by atoms with Gasteiger partial charge in [0, 0.05) is 30.6 Å². The molecule has 1 amide bonds. The van der Waals surface area contributed by atoms with Gasteiger partial charge in [-0.25, -0.2) is 0 Å². The summed E-state index contributed by atoms with van der Waals surface area (Å²) >= 11 is 0. The van der Waals surface area contributed by atoms with E-state index in [1.807, 2.05) is 18.2 Å². The predicted molar refractivity (Wildman–Crippen MR) is 93.3 cm³/mol. The predicted octanol–water partition coefficient (Wildman–Crippen LogP) is 3.61. The molecule has 0 aliphatic heterocycles. The number of aromatic nitrogens is 2. The SMILES string of the molecule is CNC(=O)CCCc1c(-c2ccccn2)[nH]c2ccc(C)cc12. The quantitative estimate of drug-likeness (QED) is 0.756. The van der Waals surface area contributed by atoms with Crippen LogP contribution in [0.25, 0.3) is 22.3 Å². The molecule has 0 fully saturated rings. The third kappa shape index (κ3) is 3.26. The molecule has 0 unspecified atom stereocenters. The smallest absolute Gasteiger partial charge is 0.219 e. The lowest BCUT2D eigenvalue weighted by Crippen LogP contribution is -2.17. The van der Waals surface area contributed by atoms with Gasteiger partial charge in [0.25, 0.3) is 0 Å². The number of hydrogen-bond acceptors (Lipinski definition) is 2. The lowest BCUT2D eigenvalue weighted by atomic mass is 10.0. The summed E-state index contributed by atoms with van der Waals surface area (Å²) in [7, 11) is 1.68. The molecule has 118 valence electrons. The Morgan fingerprint density at radius 2 is 2.13 bits per heavy atom. The molecular formula is C19H21N3O. The molecule has 0 bridgehead atoms. The zero-order valence-corrected chi connectivity index (χ0v) is 13.5. The van der Waals surface area contributed by atoms with Crippen molar-refractivity contribution < 1.29 is 4.79 Å². The maximum Gasteiger partial charge on any atom is 0.219 e. The number of aryl methyl sites for hydroxylation is 2. The molecule has 23 heavy (non-hydrogen) atoms. The zero-order chi connectivity index (χ0) is 16.2. The summed E-state index contributed by atoms with van der Waals surface area (Å²) in [6, 6.07) is 12.3. The number of H-pyrrole nitrogens is 1. The molecular weight excluding hydrogens is 286 g/mol. The van der Waals surface area contributed by atoms with Crippen molar-refractivity contribution in [3.63, 3.8) is 0 Å². The van der Waals surface area contributed by atoms with E-state index >= 15 is 0 Å². The Bertz CT molecular complexity index is 821. The fourth-order valence-corrected chi connectivity index (χ4v) is 2.90. The summed E-state index contributed by atoms with van der Waals surface area (Å²) in [4.78, 5) is 19.5. The average Bonchev–Trinajstić information content (AvgIpc) is 2.93. The van der Waals surface area contributed by atoms with Crippen molar-refractivity contribution in [2.45, 2.75) is 26.2 Å². The standard InChI is InChI=1S/C19H21N3O/c1-13-9-10-16-15(12-13)14(6-5-8-18(23)20-2)19(22-16)17-7-3-4-11-21-17/h3-4,7,9-12,22H,5-6,8H2,1-2H3,(H,20,23). The normalized spacial score (nSPS) is 10.9. The Kier molecular flexibility index (Phi) is 4.42. The molecule has 3 aromatic rings. The Hall–Kier alpha value is -2.62. The van der Waals surface area contributed by atoms with Gasteiger partial charge in [-0.15, -0.1) is 0 Å². The summed E-state index contributed by atoms with van der Waals surface area (Å²) in [5, 5.41) is 3.90. The Morgan fingerprint density at radius 3 is 2.87 bits per heavy atom. The van der Waals surface area contributed by atoms with Gasteiger partial charge in [0.1, 0.15) is 0 Å². The van der Waals surface area contributed by atoms with E-state index in [0.717, 1.165) is 29.7 Å². The average molecular weight is 307 g/mol. The van der Waals surface area contributed by atoms with Crippen molar-refractivity contribution in [2.75, 3.05) is 7.05 Å². The first-order valence-corrected chi connectivity index (χ1v) is 7.92. The monoisotopic (exact) mass is 307 g/mol. The van der Waals surface area contributed by atoms with Crippen LogP contribution in [0.1, 0.15) is 24.0 Å². The summed E-state index contributed by atoms with van der Waals surface area (Å²) in [5.41, 5.74) is 5.59. The maximum absolute atomic E-state index is 11.5. The van der Waals surface area contributed by atoms with Gasteiger partial charge in [-0.1, -0.05) is 17.7 Å². The number of nitrogens with one attached hydrogen (secondary N) is 2. The van der Waals surface area contributed by atoms with Gasteiger partial charge in [0.2, 0.25) is 5.91 Å². The van der Waals surface area contributed by atoms with Crippen molar-refractivity contribution in [1.82, 2.24) is 15.3 Å². The number of carbonyl (C=O) groups is 1. The van der Waals surface area contributed by atoms with Crippen LogP contribution in [-0.2, 0) is 11.2 Å². The molecule has 0 saturated carbocycles. The van der Waals surface area contributed by atoms with Crippen LogP contribution in [0.4, 0.5) is 0 Å². The summed E-state index contributed by atoms with van der Waals surface area (Å²) in [6.07, 6.45) is 4.01. The number of carbonyl (C=O) groups excluding carboxylic acids is 1. The molecule has 0 spiro atoms. The summed E-state index contributed by atoms with van der Waals surface area (Å²) < 4.78 is 0. The number of nitrogens with zero attached hydrogens (tertiary/aromatic N) is 1. The Balaban J connectivity index is 2.01. The zero-order valence-electron chi connectivity index (χ0n) is 13.5. The highest BCUT2D eigenvalue weighted by molar-refractivity contribution is 5.90. The second-order valence-corrected chi connectivity index (χ2v) is 5.77. The molecule has 0 radical (unpaired) electrons. The molecule has 4 nitrogen and oxygen atoms in total. The number of hydrogen-bond donors (Lipinski definition) is 2. The van der Waals surface area contributed by atoms with Gasteiger partial charge < -0.3 is 10.3 Å². The number of amides is 1. The van der Waals surface area contributed by atoms with Crippen LogP contribution in [-0.4, -0.2) is 22.9 Å². The number of pyridine rings is 1. The number of benzene rings is 1. The minimum absolute atomic E-state index is 0.0837. The topological polar surface area (TPSA) is 57.8 Å². The van der Waals surface area contributed by atoms with E-state index in [1.165, 1.54) is 16.5 Å². The van der Waals surface area contributed by atoms with Gasteiger partial charge >= 0.3 is 0 Å². The Labute approximate surface area is 136 Å². The first-order valence-electron chi connectivity index (χ1n) is 7.92. The van der Waals surface area contributed by atoms with Crippen molar-refractivity contribution >= 4 is 16.8 Å². The largest absolute Gasteiger partial charge is 0.359 e. The second-order valence-electron chi connectivity index (χ2n) is 5.77. The number of aromatic amines is 1. The first kappa shape index (κ1) is 15.3. The van der Waals surface area contributed by atoms with Crippen LogP contribution in [0.2, 0.25) is 0 Å². The van der Waals surface area contributed by atoms with Crippen molar-refractivity contribution in [3.8, 4) is 11.4 Å². The fourth-order valence-electron chi connectivity index (χ4n) is 2.90. The molecule has 3 rings (SSSR count). The van der Waals surface area contributed by atoms with Crippen LogP contribution in [0.15, 0.2) is 42.6 Å². The van der Waals surface area contributed by atoms with E-state index in [9.17, 15) is 4.79 Å². The van der Waals surface area contributed by atoms with Crippen LogP contribution < -0.4 is 5.32 Å². The van der Waals surface area contributed by atoms with Crippen LogP contribution in [0, 0.1) is 6.92 Å². The van der Waals surface area contributed by atoms with Crippen LogP contribution in [0.5, 0.6) is 0 Å². The van der Waals surface area contributed by atoms with E-state index in [2.05, 4.69) is 40.4 Å². The highest BCUT2D eigenvalue weighted by Crippen LogP contribution is 2.31. The molecule has 2 heterocycles. The highest BCUT2D eigenvalue weighted by Gasteiger charge is 2.14. The van der Waals surface area contributed by atoms with Crippen LogP contribution in [0.3, 0.4) is 0 Å². The minimum Gasteiger partial charge on any atom is -0.359 e. The molecule has 0 saturated heterocycles. The Morgan fingerprint density at radius 1 is 1.26 bits per heavy atom. The molecule has 2 N–H and O–H groups in total. The maximum atomic E-state index is 11.5. The molecule has 0 aliphatic rings. The van der Waals surface area contributed by atoms with Crippen LogP contribution >= 0.6 is 0 Å². The molecule has 1 aromatic carbocycles. The lowest BCUT2D eigenvalue weighted by Gasteiger charge is -2.05. The minimum atomic E-state index is 0.0837. The van der Waals surface area contributed by atoms with E-state index < -0.39 is 0 Å². The first-order chi connectivity index (χ1) is 11.2. The van der Waals surface area contributed by atoms with Crippen molar-refractivity contribution in [1.29, 1.82) is 0 Å². The van der Waals surface area contributed by atoms with E-state index in [4.69, 9.17) is 0 Å². The van der Waals surface area contributed by atoms with E-state index in [-0.39, 0.29) is 5.91 Å². The van der Waals surface area contributed by atoms with E-state index in [1.54, 1.807) is 13.2 Å². The van der Waals surface area contributed by atoms with Gasteiger partial charge in [-0.3, -0.25) is 9.78 Å². The van der Waals surface area contributed by atoms with E-state index in [0.29, 0.717) is 6.42 Å².